The van der Waals surface area contributed by atoms with E-state index >= 15 is 0 Å². The lowest BCUT2D eigenvalue weighted by molar-refractivity contribution is 0.0409. The fourth-order valence-electron chi connectivity index (χ4n) is 3.72. The molecule has 2 aromatic heterocycles. The van der Waals surface area contributed by atoms with Gasteiger partial charge in [-0.3, -0.25) is 9.69 Å². The maximum absolute atomic E-state index is 13.0. The molecule has 0 unspecified atom stereocenters. The Labute approximate surface area is 151 Å². The quantitative estimate of drug-likeness (QED) is 0.840. The average Bonchev–Trinajstić information content (AvgIpc) is 3.06. The minimum atomic E-state index is 0.0283. The summed E-state index contributed by atoms with van der Waals surface area (Å²) in [6.45, 7) is 8.39. The molecule has 25 heavy (non-hydrogen) atoms. The summed E-state index contributed by atoms with van der Waals surface area (Å²) in [5.41, 5.74) is 0.559. The normalized spacial score (nSPS) is 24.3. The van der Waals surface area contributed by atoms with Gasteiger partial charge in [-0.05, 0) is 26.0 Å². The number of thiazole rings is 1. The van der Waals surface area contributed by atoms with Crippen LogP contribution < -0.4 is 0 Å². The van der Waals surface area contributed by atoms with Crippen molar-refractivity contribution in [2.45, 2.75) is 26.4 Å². The molecule has 134 valence electrons. The van der Waals surface area contributed by atoms with Gasteiger partial charge in [0, 0.05) is 30.9 Å². The van der Waals surface area contributed by atoms with E-state index in [9.17, 15) is 4.79 Å². The van der Waals surface area contributed by atoms with Crippen LogP contribution in [-0.2, 0) is 11.3 Å². The van der Waals surface area contributed by atoms with Crippen LogP contribution in [0.1, 0.15) is 27.0 Å². The minimum Gasteiger partial charge on any atom is -0.465 e. The first-order valence-corrected chi connectivity index (χ1v) is 9.55. The number of furan rings is 1. The van der Waals surface area contributed by atoms with Crippen LogP contribution in [0.3, 0.4) is 0 Å². The first-order chi connectivity index (χ1) is 12.1. The SMILES string of the molecule is Cc1ccc(CN2C[C@@H]3COC[C@H](C2)N(C(=O)c2csc(C)n2)C3)o1. The molecule has 2 fully saturated rings. The summed E-state index contributed by atoms with van der Waals surface area (Å²) >= 11 is 1.52. The van der Waals surface area contributed by atoms with Gasteiger partial charge >= 0.3 is 0 Å². The van der Waals surface area contributed by atoms with Gasteiger partial charge in [-0.25, -0.2) is 4.98 Å². The van der Waals surface area contributed by atoms with E-state index in [0.29, 0.717) is 24.8 Å². The molecular formula is C18H23N3O3S. The van der Waals surface area contributed by atoms with Crippen LogP contribution >= 0.6 is 11.3 Å². The molecule has 0 spiro atoms. The van der Waals surface area contributed by atoms with Gasteiger partial charge in [-0.1, -0.05) is 0 Å². The topological polar surface area (TPSA) is 58.8 Å². The van der Waals surface area contributed by atoms with E-state index < -0.39 is 0 Å². The number of carbonyl (C=O) groups is 1. The first-order valence-electron chi connectivity index (χ1n) is 8.67. The minimum absolute atomic E-state index is 0.0283. The van der Waals surface area contributed by atoms with Crippen molar-refractivity contribution >= 4 is 17.2 Å². The Kier molecular flexibility index (Phi) is 4.62. The lowest BCUT2D eigenvalue weighted by atomic mass is 10.1. The Hall–Kier alpha value is -1.70. The van der Waals surface area contributed by atoms with Gasteiger partial charge in [0.2, 0.25) is 0 Å². The van der Waals surface area contributed by atoms with E-state index in [1.807, 2.05) is 36.3 Å². The van der Waals surface area contributed by atoms with Gasteiger partial charge in [0.25, 0.3) is 5.91 Å². The highest BCUT2D eigenvalue weighted by Gasteiger charge is 2.36. The second-order valence-electron chi connectivity index (χ2n) is 6.97. The standard InChI is InChI=1S/C18H23N3O3S/c1-12-3-4-16(24-12)8-20-5-14-6-21(15(7-20)10-23-9-14)18(22)17-11-25-13(2)19-17/h3-4,11,14-15H,5-10H2,1-2H3/t14-,15-/m0/s1. The molecule has 0 N–H and O–H groups in total. The Balaban J connectivity index is 1.52. The molecular weight excluding hydrogens is 338 g/mol. The zero-order valence-corrected chi connectivity index (χ0v) is 15.4. The molecule has 2 atom stereocenters. The average molecular weight is 361 g/mol. The van der Waals surface area contributed by atoms with Gasteiger partial charge in [-0.15, -0.1) is 11.3 Å². The number of hydrogen-bond donors (Lipinski definition) is 0. The molecule has 2 aliphatic heterocycles. The number of fused-ring (bicyclic) bond motifs is 3. The predicted molar refractivity (Wildman–Crippen MR) is 94.7 cm³/mol. The summed E-state index contributed by atoms with van der Waals surface area (Å²) in [7, 11) is 0. The summed E-state index contributed by atoms with van der Waals surface area (Å²) in [5, 5.41) is 2.78. The van der Waals surface area contributed by atoms with Gasteiger partial charge in [0.15, 0.2) is 0 Å². The highest BCUT2D eigenvalue weighted by molar-refractivity contribution is 7.09. The van der Waals surface area contributed by atoms with Gasteiger partial charge in [-0.2, -0.15) is 0 Å². The molecule has 4 rings (SSSR count). The van der Waals surface area contributed by atoms with Crippen LogP contribution in [-0.4, -0.2) is 59.6 Å². The Bertz CT molecular complexity index is 756. The molecule has 2 saturated heterocycles. The van der Waals surface area contributed by atoms with Crippen molar-refractivity contribution in [3.8, 4) is 0 Å². The molecule has 6 nitrogen and oxygen atoms in total. The van der Waals surface area contributed by atoms with Crippen molar-refractivity contribution in [2.75, 3.05) is 32.8 Å². The van der Waals surface area contributed by atoms with Crippen molar-refractivity contribution in [1.29, 1.82) is 0 Å². The first kappa shape index (κ1) is 16.8. The fourth-order valence-corrected chi connectivity index (χ4v) is 4.30. The summed E-state index contributed by atoms with van der Waals surface area (Å²) in [4.78, 5) is 21.7. The maximum atomic E-state index is 13.0. The number of aryl methyl sites for hydroxylation is 2. The third-order valence-electron chi connectivity index (χ3n) is 4.82. The number of hydrogen-bond acceptors (Lipinski definition) is 6. The number of nitrogens with zero attached hydrogens (tertiary/aromatic N) is 3. The van der Waals surface area contributed by atoms with E-state index in [4.69, 9.17) is 9.15 Å². The second kappa shape index (κ2) is 6.90. The maximum Gasteiger partial charge on any atom is 0.273 e. The molecule has 1 amide bonds. The zero-order chi connectivity index (χ0) is 17.4. The van der Waals surface area contributed by atoms with Crippen LogP contribution in [0.2, 0.25) is 0 Å². The second-order valence-corrected chi connectivity index (χ2v) is 8.04. The predicted octanol–water partition coefficient (Wildman–Crippen LogP) is 2.33. The van der Waals surface area contributed by atoms with E-state index in [-0.39, 0.29) is 11.9 Å². The number of ether oxygens (including phenoxy) is 1. The molecule has 7 heteroatoms. The highest BCUT2D eigenvalue weighted by Crippen LogP contribution is 2.24. The smallest absolute Gasteiger partial charge is 0.273 e. The molecule has 0 aromatic carbocycles. The number of aromatic nitrogens is 1. The Morgan fingerprint density at radius 3 is 2.88 bits per heavy atom. The summed E-state index contributed by atoms with van der Waals surface area (Å²) < 4.78 is 11.6. The van der Waals surface area contributed by atoms with Crippen LogP contribution in [0.5, 0.6) is 0 Å². The molecule has 0 saturated carbocycles. The van der Waals surface area contributed by atoms with Crippen molar-refractivity contribution in [3.05, 3.63) is 39.7 Å². The van der Waals surface area contributed by atoms with E-state index in [0.717, 1.165) is 42.7 Å². The molecule has 2 bridgehead atoms. The van der Waals surface area contributed by atoms with Gasteiger partial charge < -0.3 is 14.1 Å². The fraction of sp³-hybridized carbons (Fsp3) is 0.556. The zero-order valence-electron chi connectivity index (χ0n) is 14.6. The van der Waals surface area contributed by atoms with Crippen molar-refractivity contribution in [3.63, 3.8) is 0 Å². The van der Waals surface area contributed by atoms with E-state index in [1.165, 1.54) is 11.3 Å². The van der Waals surface area contributed by atoms with Crippen LogP contribution in [0.4, 0.5) is 0 Å². The Morgan fingerprint density at radius 1 is 1.28 bits per heavy atom. The summed E-state index contributed by atoms with van der Waals surface area (Å²) in [5.74, 6) is 2.25. The molecule has 2 aromatic rings. The van der Waals surface area contributed by atoms with E-state index in [1.54, 1.807) is 0 Å². The molecule has 0 radical (unpaired) electrons. The molecule has 0 aliphatic carbocycles. The van der Waals surface area contributed by atoms with Crippen LogP contribution in [0, 0.1) is 19.8 Å². The monoisotopic (exact) mass is 361 g/mol. The number of amides is 1. The molecule has 4 heterocycles. The summed E-state index contributed by atoms with van der Waals surface area (Å²) in [6, 6.07) is 4.09. The third-order valence-corrected chi connectivity index (χ3v) is 5.59. The highest BCUT2D eigenvalue weighted by atomic mass is 32.1. The van der Waals surface area contributed by atoms with E-state index in [2.05, 4.69) is 9.88 Å². The number of carbonyl (C=O) groups excluding carboxylic acids is 1. The lowest BCUT2D eigenvalue weighted by Crippen LogP contribution is -2.46. The molecule has 2 aliphatic rings. The van der Waals surface area contributed by atoms with Crippen molar-refractivity contribution < 1.29 is 13.9 Å². The van der Waals surface area contributed by atoms with Gasteiger partial charge in [0.05, 0.1) is 30.8 Å². The van der Waals surface area contributed by atoms with Crippen molar-refractivity contribution in [1.82, 2.24) is 14.8 Å². The third kappa shape index (κ3) is 3.63. The Morgan fingerprint density at radius 2 is 2.16 bits per heavy atom. The van der Waals surface area contributed by atoms with Crippen LogP contribution in [0.15, 0.2) is 21.9 Å². The van der Waals surface area contributed by atoms with Crippen LogP contribution in [0.25, 0.3) is 0 Å². The lowest BCUT2D eigenvalue weighted by Gasteiger charge is -2.30. The number of rotatable bonds is 3. The summed E-state index contributed by atoms with van der Waals surface area (Å²) in [6.07, 6.45) is 0. The largest absolute Gasteiger partial charge is 0.465 e. The van der Waals surface area contributed by atoms with Gasteiger partial charge in [0.1, 0.15) is 17.2 Å². The van der Waals surface area contributed by atoms with Crippen molar-refractivity contribution in [2.24, 2.45) is 5.92 Å².